The molecule has 0 aliphatic rings. The predicted octanol–water partition coefficient (Wildman–Crippen LogP) is 2.73. The first-order valence-corrected chi connectivity index (χ1v) is 8.23. The molecule has 6 nitrogen and oxygen atoms in total. The average molecular weight is 315 g/mol. The van der Waals surface area contributed by atoms with Crippen LogP contribution in [0.2, 0.25) is 0 Å². The van der Waals surface area contributed by atoms with Crippen LogP contribution in [0, 0.1) is 6.92 Å². The molecule has 0 aliphatic carbocycles. The minimum Gasteiger partial charge on any atom is -0.352 e. The van der Waals surface area contributed by atoms with E-state index in [9.17, 15) is 4.79 Å². The predicted molar refractivity (Wildman–Crippen MR) is 89.7 cm³/mol. The van der Waals surface area contributed by atoms with Crippen LogP contribution in [0.4, 0.5) is 0 Å². The molecule has 1 aromatic heterocycles. The zero-order chi connectivity index (χ0) is 16.7. The number of hydrogen-bond acceptors (Lipinski definition) is 4. The highest BCUT2D eigenvalue weighted by Crippen LogP contribution is 2.17. The maximum absolute atomic E-state index is 12.0. The molecule has 1 heterocycles. The highest BCUT2D eigenvalue weighted by Gasteiger charge is 2.12. The topological polar surface area (TPSA) is 72.7 Å². The fourth-order valence-corrected chi connectivity index (χ4v) is 2.46. The maximum atomic E-state index is 12.0. The van der Waals surface area contributed by atoms with E-state index in [2.05, 4.69) is 27.7 Å². The number of carbonyl (C=O) groups is 1. The molecule has 1 amide bonds. The summed E-state index contributed by atoms with van der Waals surface area (Å²) in [4.78, 5) is 13.4. The van der Waals surface area contributed by atoms with Crippen molar-refractivity contribution in [2.75, 3.05) is 0 Å². The van der Waals surface area contributed by atoms with Gasteiger partial charge >= 0.3 is 0 Å². The van der Waals surface area contributed by atoms with Gasteiger partial charge in [-0.05, 0) is 31.0 Å². The van der Waals surface area contributed by atoms with Gasteiger partial charge in [-0.1, -0.05) is 50.5 Å². The molecule has 23 heavy (non-hydrogen) atoms. The van der Waals surface area contributed by atoms with Gasteiger partial charge in [-0.3, -0.25) is 4.79 Å². The van der Waals surface area contributed by atoms with Gasteiger partial charge in [0.25, 0.3) is 0 Å². The summed E-state index contributed by atoms with van der Waals surface area (Å²) in [5, 5.41) is 15.3. The molecule has 0 spiro atoms. The molecule has 2 aromatic rings. The monoisotopic (exact) mass is 315 g/mol. The highest BCUT2D eigenvalue weighted by atomic mass is 16.2. The number of aryl methyl sites for hydroxylation is 1. The third-order valence-corrected chi connectivity index (χ3v) is 3.77. The second kappa shape index (κ2) is 8.41. The van der Waals surface area contributed by atoms with Crippen molar-refractivity contribution in [2.45, 2.75) is 59.0 Å². The fourth-order valence-electron chi connectivity index (χ4n) is 2.46. The summed E-state index contributed by atoms with van der Waals surface area (Å²) in [6.07, 6.45) is 4.52. The molecule has 0 aliphatic heterocycles. The number of rotatable bonds is 8. The van der Waals surface area contributed by atoms with Crippen LogP contribution < -0.4 is 5.32 Å². The molecule has 1 aromatic carbocycles. The van der Waals surface area contributed by atoms with Crippen molar-refractivity contribution in [1.29, 1.82) is 0 Å². The number of benzene rings is 1. The Morgan fingerprint density at radius 3 is 2.83 bits per heavy atom. The van der Waals surface area contributed by atoms with Crippen LogP contribution in [0.5, 0.6) is 0 Å². The van der Waals surface area contributed by atoms with E-state index < -0.39 is 0 Å². The van der Waals surface area contributed by atoms with Gasteiger partial charge in [0.2, 0.25) is 11.7 Å². The van der Waals surface area contributed by atoms with Gasteiger partial charge in [0.05, 0.1) is 0 Å². The lowest BCUT2D eigenvalue weighted by Gasteiger charge is -2.12. The lowest BCUT2D eigenvalue weighted by atomic mass is 10.1. The molecule has 1 N–H and O–H groups in total. The van der Waals surface area contributed by atoms with Gasteiger partial charge in [0, 0.05) is 11.6 Å². The SMILES string of the molecule is CCCCC[C@H](C)NC(=O)Cn1nnc(-c2ccccc2C)n1. The molecule has 0 unspecified atom stereocenters. The second-order valence-corrected chi connectivity index (χ2v) is 5.92. The average Bonchev–Trinajstić information content (AvgIpc) is 2.96. The zero-order valence-corrected chi connectivity index (χ0v) is 14.1. The largest absolute Gasteiger partial charge is 0.352 e. The summed E-state index contributed by atoms with van der Waals surface area (Å²) in [7, 11) is 0. The third kappa shape index (κ3) is 5.16. The van der Waals surface area contributed by atoms with Crippen LogP contribution in [-0.4, -0.2) is 32.2 Å². The van der Waals surface area contributed by atoms with Crippen LogP contribution in [0.25, 0.3) is 11.4 Å². The van der Waals surface area contributed by atoms with E-state index in [1.807, 2.05) is 38.1 Å². The summed E-state index contributed by atoms with van der Waals surface area (Å²) in [6.45, 7) is 6.30. The van der Waals surface area contributed by atoms with E-state index in [0.717, 1.165) is 24.0 Å². The Kier molecular flexibility index (Phi) is 6.26. The molecular formula is C17H25N5O. The summed E-state index contributed by atoms with van der Waals surface area (Å²) in [6, 6.07) is 8.03. The Balaban J connectivity index is 1.89. The van der Waals surface area contributed by atoms with Gasteiger partial charge in [-0.2, -0.15) is 4.80 Å². The molecule has 0 fully saturated rings. The fraction of sp³-hybridized carbons (Fsp3) is 0.529. The number of nitrogens with zero attached hydrogens (tertiary/aromatic N) is 4. The first-order chi connectivity index (χ1) is 11.1. The van der Waals surface area contributed by atoms with Gasteiger partial charge in [0.1, 0.15) is 6.54 Å². The van der Waals surface area contributed by atoms with Crippen molar-refractivity contribution in [3.63, 3.8) is 0 Å². The van der Waals surface area contributed by atoms with Crippen LogP contribution >= 0.6 is 0 Å². The van der Waals surface area contributed by atoms with E-state index in [1.165, 1.54) is 17.6 Å². The number of nitrogens with one attached hydrogen (secondary N) is 1. The molecule has 0 saturated carbocycles. The van der Waals surface area contributed by atoms with E-state index in [1.54, 1.807) is 0 Å². The number of aromatic nitrogens is 4. The number of amides is 1. The molecule has 6 heteroatoms. The van der Waals surface area contributed by atoms with Crippen molar-refractivity contribution in [3.05, 3.63) is 29.8 Å². The minimum absolute atomic E-state index is 0.0808. The number of carbonyl (C=O) groups excluding carboxylic acids is 1. The van der Waals surface area contributed by atoms with Crippen LogP contribution in [0.15, 0.2) is 24.3 Å². The first kappa shape index (κ1) is 17.1. The van der Waals surface area contributed by atoms with Gasteiger partial charge in [-0.15, -0.1) is 10.2 Å². The Hall–Kier alpha value is -2.24. The van der Waals surface area contributed by atoms with Gasteiger partial charge < -0.3 is 5.32 Å². The normalized spacial score (nSPS) is 12.1. The number of hydrogen-bond donors (Lipinski definition) is 1. The van der Waals surface area contributed by atoms with Crippen molar-refractivity contribution in [3.8, 4) is 11.4 Å². The molecule has 124 valence electrons. The smallest absolute Gasteiger partial charge is 0.243 e. The van der Waals surface area contributed by atoms with E-state index >= 15 is 0 Å². The summed E-state index contributed by atoms with van der Waals surface area (Å²) >= 11 is 0. The van der Waals surface area contributed by atoms with Crippen molar-refractivity contribution in [1.82, 2.24) is 25.5 Å². The van der Waals surface area contributed by atoms with E-state index in [0.29, 0.717) is 5.82 Å². The number of tetrazole rings is 1. The van der Waals surface area contributed by atoms with E-state index in [4.69, 9.17) is 0 Å². The lowest BCUT2D eigenvalue weighted by Crippen LogP contribution is -2.35. The van der Waals surface area contributed by atoms with E-state index in [-0.39, 0.29) is 18.5 Å². The Morgan fingerprint density at radius 1 is 1.30 bits per heavy atom. The van der Waals surface area contributed by atoms with Gasteiger partial charge in [0.15, 0.2) is 0 Å². The molecule has 1 atom stereocenters. The Bertz CT molecular complexity index is 637. The molecular weight excluding hydrogens is 290 g/mol. The Morgan fingerprint density at radius 2 is 2.09 bits per heavy atom. The first-order valence-electron chi connectivity index (χ1n) is 8.23. The van der Waals surface area contributed by atoms with Gasteiger partial charge in [-0.25, -0.2) is 0 Å². The molecule has 0 saturated heterocycles. The standard InChI is InChI=1S/C17H25N5O/c1-4-5-6-10-14(3)18-16(23)12-22-20-17(19-21-22)15-11-8-7-9-13(15)2/h7-9,11,14H,4-6,10,12H2,1-3H3,(H,18,23)/t14-/m0/s1. The summed E-state index contributed by atoms with van der Waals surface area (Å²) < 4.78 is 0. The molecule has 0 bridgehead atoms. The zero-order valence-electron chi connectivity index (χ0n) is 14.1. The summed E-state index contributed by atoms with van der Waals surface area (Å²) in [5.41, 5.74) is 2.02. The van der Waals surface area contributed by atoms with Crippen molar-refractivity contribution in [2.24, 2.45) is 0 Å². The summed E-state index contributed by atoms with van der Waals surface area (Å²) in [5.74, 6) is 0.467. The van der Waals surface area contributed by atoms with Crippen molar-refractivity contribution >= 4 is 5.91 Å². The highest BCUT2D eigenvalue weighted by molar-refractivity contribution is 5.75. The minimum atomic E-state index is -0.0808. The molecule has 0 radical (unpaired) electrons. The number of unbranched alkanes of at least 4 members (excludes halogenated alkanes) is 2. The van der Waals surface area contributed by atoms with Crippen LogP contribution in [-0.2, 0) is 11.3 Å². The maximum Gasteiger partial charge on any atom is 0.243 e. The third-order valence-electron chi connectivity index (χ3n) is 3.77. The van der Waals surface area contributed by atoms with Crippen molar-refractivity contribution < 1.29 is 4.79 Å². The molecule has 2 rings (SSSR count). The lowest BCUT2D eigenvalue weighted by molar-refractivity contribution is -0.122. The van der Waals surface area contributed by atoms with Crippen LogP contribution in [0.3, 0.4) is 0 Å². The second-order valence-electron chi connectivity index (χ2n) is 5.92. The quantitative estimate of drug-likeness (QED) is 0.760. The Labute approximate surface area is 137 Å². The van der Waals surface area contributed by atoms with Crippen LogP contribution in [0.1, 0.15) is 45.1 Å².